The highest BCUT2D eigenvalue weighted by Crippen LogP contribution is 2.21. The van der Waals surface area contributed by atoms with Crippen LogP contribution in [0.2, 0.25) is 0 Å². The van der Waals surface area contributed by atoms with Crippen molar-refractivity contribution < 1.29 is 21.6 Å². The Hall–Kier alpha value is -0.340. The fourth-order valence-electron chi connectivity index (χ4n) is 1.73. The van der Waals surface area contributed by atoms with Crippen molar-refractivity contribution in [1.82, 2.24) is 10.0 Å². The SMILES string of the molecule is O=S(=O)(NCCCC(F)(F)F)C1CCNCC1. The molecule has 1 saturated heterocycles. The zero-order valence-corrected chi connectivity index (χ0v) is 10.2. The second-order valence-corrected chi connectivity index (χ2v) is 6.15. The molecule has 102 valence electrons. The van der Waals surface area contributed by atoms with Crippen LogP contribution in [0, 0.1) is 0 Å². The van der Waals surface area contributed by atoms with Gasteiger partial charge in [-0.2, -0.15) is 13.2 Å². The van der Waals surface area contributed by atoms with Gasteiger partial charge in [0.25, 0.3) is 0 Å². The molecule has 8 heteroatoms. The molecule has 0 spiro atoms. The van der Waals surface area contributed by atoms with Crippen LogP contribution in [0.3, 0.4) is 0 Å². The fourth-order valence-corrected chi connectivity index (χ4v) is 3.25. The third kappa shape index (κ3) is 5.69. The summed E-state index contributed by atoms with van der Waals surface area (Å²) in [6.45, 7) is 1.12. The molecule has 1 heterocycles. The van der Waals surface area contributed by atoms with Crippen LogP contribution in [-0.4, -0.2) is 39.5 Å². The summed E-state index contributed by atoms with van der Waals surface area (Å²) >= 11 is 0. The second-order valence-electron chi connectivity index (χ2n) is 4.11. The van der Waals surface area contributed by atoms with Gasteiger partial charge in [0.1, 0.15) is 0 Å². The Morgan fingerprint density at radius 3 is 2.35 bits per heavy atom. The van der Waals surface area contributed by atoms with Crippen molar-refractivity contribution in [2.45, 2.75) is 37.1 Å². The monoisotopic (exact) mass is 274 g/mol. The Labute approximate surface area is 99.0 Å². The predicted molar refractivity (Wildman–Crippen MR) is 58.1 cm³/mol. The molecule has 1 aliphatic heterocycles. The number of piperidine rings is 1. The lowest BCUT2D eigenvalue weighted by atomic mass is 10.2. The minimum atomic E-state index is -4.22. The molecule has 1 fully saturated rings. The Bertz CT molecular complexity index is 324. The van der Waals surface area contributed by atoms with E-state index >= 15 is 0 Å². The predicted octanol–water partition coefficient (Wildman–Crippen LogP) is 1.00. The second kappa shape index (κ2) is 6.01. The number of nitrogens with one attached hydrogen (secondary N) is 2. The summed E-state index contributed by atoms with van der Waals surface area (Å²) < 4.78 is 61.2. The van der Waals surface area contributed by atoms with Crippen LogP contribution >= 0.6 is 0 Å². The van der Waals surface area contributed by atoms with Gasteiger partial charge in [0.05, 0.1) is 5.25 Å². The van der Waals surface area contributed by atoms with E-state index in [-0.39, 0.29) is 13.0 Å². The number of sulfonamides is 1. The number of halogens is 3. The minimum absolute atomic E-state index is 0.147. The first-order chi connectivity index (χ1) is 7.81. The van der Waals surface area contributed by atoms with Gasteiger partial charge < -0.3 is 5.32 Å². The fraction of sp³-hybridized carbons (Fsp3) is 1.00. The van der Waals surface area contributed by atoms with Gasteiger partial charge in [0.15, 0.2) is 0 Å². The maximum atomic E-state index is 11.8. The van der Waals surface area contributed by atoms with Gasteiger partial charge in [-0.05, 0) is 32.4 Å². The Morgan fingerprint density at radius 2 is 1.82 bits per heavy atom. The lowest BCUT2D eigenvalue weighted by molar-refractivity contribution is -0.135. The molecule has 1 aliphatic rings. The number of hydrogen-bond donors (Lipinski definition) is 2. The molecule has 2 N–H and O–H groups in total. The van der Waals surface area contributed by atoms with Crippen LogP contribution in [0.25, 0.3) is 0 Å². The summed E-state index contributed by atoms with van der Waals surface area (Å²) in [5, 5.41) is 2.56. The number of hydrogen-bond acceptors (Lipinski definition) is 3. The van der Waals surface area contributed by atoms with Crippen molar-refractivity contribution in [3.8, 4) is 0 Å². The maximum Gasteiger partial charge on any atom is 0.389 e. The average Bonchev–Trinajstić information content (AvgIpc) is 2.25. The van der Waals surface area contributed by atoms with Crippen molar-refractivity contribution in [2.24, 2.45) is 0 Å². The van der Waals surface area contributed by atoms with E-state index in [9.17, 15) is 21.6 Å². The van der Waals surface area contributed by atoms with E-state index < -0.39 is 27.9 Å². The Balaban J connectivity index is 2.29. The molecule has 1 rings (SSSR count). The highest BCUT2D eigenvalue weighted by atomic mass is 32.2. The van der Waals surface area contributed by atoms with Crippen molar-refractivity contribution in [1.29, 1.82) is 0 Å². The van der Waals surface area contributed by atoms with Gasteiger partial charge in [-0.1, -0.05) is 0 Å². The molecule has 0 aliphatic carbocycles. The molecule has 0 saturated carbocycles. The van der Waals surface area contributed by atoms with Crippen LogP contribution in [0.15, 0.2) is 0 Å². The van der Waals surface area contributed by atoms with Crippen LogP contribution in [-0.2, 0) is 10.0 Å². The molecule has 0 atom stereocenters. The van der Waals surface area contributed by atoms with E-state index in [1.165, 1.54) is 0 Å². The molecular formula is C9H17F3N2O2S. The van der Waals surface area contributed by atoms with E-state index in [0.717, 1.165) is 0 Å². The molecule has 0 aromatic carbocycles. The van der Waals surface area contributed by atoms with Crippen molar-refractivity contribution in [2.75, 3.05) is 19.6 Å². The van der Waals surface area contributed by atoms with Crippen molar-refractivity contribution in [3.63, 3.8) is 0 Å². The van der Waals surface area contributed by atoms with Gasteiger partial charge >= 0.3 is 6.18 Å². The van der Waals surface area contributed by atoms with Crippen LogP contribution in [0.4, 0.5) is 13.2 Å². The van der Waals surface area contributed by atoms with Gasteiger partial charge in [-0.3, -0.25) is 0 Å². The summed E-state index contributed by atoms with van der Waals surface area (Å²) in [4.78, 5) is 0. The third-order valence-electron chi connectivity index (χ3n) is 2.67. The third-order valence-corrected chi connectivity index (χ3v) is 4.62. The first-order valence-corrected chi connectivity index (χ1v) is 7.12. The zero-order valence-electron chi connectivity index (χ0n) is 9.39. The Kier molecular flexibility index (Phi) is 5.21. The van der Waals surface area contributed by atoms with Crippen LogP contribution in [0.1, 0.15) is 25.7 Å². The van der Waals surface area contributed by atoms with Gasteiger partial charge in [-0.25, -0.2) is 13.1 Å². The smallest absolute Gasteiger partial charge is 0.317 e. The average molecular weight is 274 g/mol. The molecule has 4 nitrogen and oxygen atoms in total. The van der Waals surface area contributed by atoms with Crippen LogP contribution < -0.4 is 10.0 Å². The molecule has 0 aromatic rings. The van der Waals surface area contributed by atoms with Crippen LogP contribution in [0.5, 0.6) is 0 Å². The first-order valence-electron chi connectivity index (χ1n) is 5.57. The van der Waals surface area contributed by atoms with Gasteiger partial charge in [0.2, 0.25) is 10.0 Å². The number of alkyl halides is 3. The highest BCUT2D eigenvalue weighted by molar-refractivity contribution is 7.90. The molecule has 0 bridgehead atoms. The van der Waals surface area contributed by atoms with Gasteiger partial charge in [-0.15, -0.1) is 0 Å². The summed E-state index contributed by atoms with van der Waals surface area (Å²) in [6, 6.07) is 0. The summed E-state index contributed by atoms with van der Waals surface area (Å²) in [5.41, 5.74) is 0. The molecular weight excluding hydrogens is 257 g/mol. The molecule has 0 radical (unpaired) electrons. The lowest BCUT2D eigenvalue weighted by Crippen LogP contribution is -2.41. The van der Waals surface area contributed by atoms with E-state index in [4.69, 9.17) is 0 Å². The van der Waals surface area contributed by atoms with E-state index in [0.29, 0.717) is 25.9 Å². The quantitative estimate of drug-likeness (QED) is 0.735. The zero-order chi connectivity index (χ0) is 12.9. The lowest BCUT2D eigenvalue weighted by Gasteiger charge is -2.22. The topological polar surface area (TPSA) is 58.2 Å². The summed E-state index contributed by atoms with van der Waals surface area (Å²) in [5.74, 6) is 0. The summed E-state index contributed by atoms with van der Waals surface area (Å²) in [7, 11) is -3.46. The van der Waals surface area contributed by atoms with Crippen molar-refractivity contribution in [3.05, 3.63) is 0 Å². The normalized spacial score (nSPS) is 19.5. The van der Waals surface area contributed by atoms with E-state index in [2.05, 4.69) is 10.0 Å². The minimum Gasteiger partial charge on any atom is -0.317 e. The Morgan fingerprint density at radius 1 is 1.24 bits per heavy atom. The highest BCUT2D eigenvalue weighted by Gasteiger charge is 2.28. The molecule has 17 heavy (non-hydrogen) atoms. The maximum absolute atomic E-state index is 11.8. The first kappa shape index (κ1) is 14.7. The van der Waals surface area contributed by atoms with Crippen molar-refractivity contribution >= 4 is 10.0 Å². The standard InChI is InChI=1S/C9H17F3N2O2S/c10-9(11,12)4-1-5-14-17(15,16)8-2-6-13-7-3-8/h8,13-14H,1-7H2. The van der Waals surface area contributed by atoms with E-state index in [1.807, 2.05) is 0 Å². The molecule has 0 unspecified atom stereocenters. The van der Waals surface area contributed by atoms with Gasteiger partial charge in [0, 0.05) is 13.0 Å². The molecule has 0 amide bonds. The summed E-state index contributed by atoms with van der Waals surface area (Å²) in [6.07, 6.45) is -4.38. The largest absolute Gasteiger partial charge is 0.389 e. The number of rotatable bonds is 5. The molecule has 0 aromatic heterocycles. The van der Waals surface area contributed by atoms with E-state index in [1.54, 1.807) is 0 Å².